The molecule has 0 aromatic heterocycles. The Labute approximate surface area is 174 Å². The summed E-state index contributed by atoms with van der Waals surface area (Å²) < 4.78 is 36.5. The third kappa shape index (κ3) is 4.86. The molecule has 0 aliphatic carbocycles. The number of nitro benzene ring substituents is 1. The quantitative estimate of drug-likeness (QED) is 0.470. The van der Waals surface area contributed by atoms with Crippen molar-refractivity contribution in [3.63, 3.8) is 0 Å². The van der Waals surface area contributed by atoms with Gasteiger partial charge in [-0.05, 0) is 18.6 Å². The standard InChI is InChI=1S/C19H23N3O7S/c1-5-29-17-11-15(22(24)25)14(10-16(17)28-4)19(23)20-12-13-8-6-7-9-18(13)30(26,27)21(2)3/h6-11H,5,12H2,1-4H3,(H,20,23). The highest BCUT2D eigenvalue weighted by atomic mass is 32.2. The number of nitrogens with zero attached hydrogens (tertiary/aromatic N) is 2. The van der Waals surface area contributed by atoms with Crippen LogP contribution in [0.3, 0.4) is 0 Å². The van der Waals surface area contributed by atoms with E-state index >= 15 is 0 Å². The molecule has 0 saturated carbocycles. The fourth-order valence-electron chi connectivity index (χ4n) is 2.68. The number of benzene rings is 2. The summed E-state index contributed by atoms with van der Waals surface area (Å²) in [7, 11) is 0.434. The van der Waals surface area contributed by atoms with Crippen LogP contribution in [0.5, 0.6) is 11.5 Å². The maximum atomic E-state index is 12.7. The molecule has 162 valence electrons. The van der Waals surface area contributed by atoms with E-state index in [4.69, 9.17) is 9.47 Å². The molecule has 0 aliphatic heterocycles. The van der Waals surface area contributed by atoms with Gasteiger partial charge in [-0.3, -0.25) is 14.9 Å². The Bertz CT molecular complexity index is 1050. The molecule has 2 aromatic carbocycles. The van der Waals surface area contributed by atoms with E-state index in [0.29, 0.717) is 5.56 Å². The summed E-state index contributed by atoms with van der Waals surface area (Å²) in [4.78, 5) is 23.5. The number of rotatable bonds is 9. The first kappa shape index (κ1) is 23.1. The molecule has 0 bridgehead atoms. The Balaban J connectivity index is 2.37. The SMILES string of the molecule is CCOc1cc([N+](=O)[O-])c(C(=O)NCc2ccccc2S(=O)(=O)N(C)C)cc1OC. The second kappa shape index (κ2) is 9.55. The van der Waals surface area contributed by atoms with E-state index in [-0.39, 0.29) is 35.1 Å². The Morgan fingerprint density at radius 1 is 1.20 bits per heavy atom. The van der Waals surface area contributed by atoms with Crippen molar-refractivity contribution in [2.75, 3.05) is 27.8 Å². The summed E-state index contributed by atoms with van der Waals surface area (Å²) in [5.74, 6) is -0.436. The van der Waals surface area contributed by atoms with Gasteiger partial charge in [0.25, 0.3) is 11.6 Å². The van der Waals surface area contributed by atoms with Gasteiger partial charge in [-0.1, -0.05) is 18.2 Å². The van der Waals surface area contributed by atoms with E-state index in [1.54, 1.807) is 25.1 Å². The van der Waals surface area contributed by atoms with Crippen LogP contribution in [0, 0.1) is 10.1 Å². The maximum absolute atomic E-state index is 12.7. The number of methoxy groups -OCH3 is 1. The Hall–Kier alpha value is -3.18. The van der Waals surface area contributed by atoms with E-state index in [9.17, 15) is 23.3 Å². The summed E-state index contributed by atoms with van der Waals surface area (Å²) in [6.07, 6.45) is 0. The van der Waals surface area contributed by atoms with Gasteiger partial charge in [0.1, 0.15) is 5.56 Å². The molecule has 0 saturated heterocycles. The summed E-state index contributed by atoms with van der Waals surface area (Å²) in [6.45, 7) is 1.83. The molecular formula is C19H23N3O7S. The zero-order chi connectivity index (χ0) is 22.5. The van der Waals surface area contributed by atoms with Crippen molar-refractivity contribution in [1.82, 2.24) is 9.62 Å². The summed E-state index contributed by atoms with van der Waals surface area (Å²) in [5.41, 5.74) is -0.334. The van der Waals surface area contributed by atoms with Crippen LogP contribution in [0.4, 0.5) is 5.69 Å². The fourth-order valence-corrected chi connectivity index (χ4v) is 3.79. The molecule has 0 spiro atoms. The predicted octanol–water partition coefficient (Wildman–Crippen LogP) is 2.18. The normalized spacial score (nSPS) is 11.2. The van der Waals surface area contributed by atoms with Crippen molar-refractivity contribution in [2.24, 2.45) is 0 Å². The molecule has 1 amide bonds. The highest BCUT2D eigenvalue weighted by Gasteiger charge is 2.26. The zero-order valence-corrected chi connectivity index (χ0v) is 17.9. The van der Waals surface area contributed by atoms with Gasteiger partial charge in [0.05, 0.1) is 29.6 Å². The number of nitrogens with one attached hydrogen (secondary N) is 1. The number of sulfonamides is 1. The van der Waals surface area contributed by atoms with E-state index in [0.717, 1.165) is 10.4 Å². The van der Waals surface area contributed by atoms with Gasteiger partial charge in [0, 0.05) is 26.7 Å². The minimum absolute atomic E-state index is 0.0362. The molecule has 0 fully saturated rings. The average Bonchev–Trinajstić information content (AvgIpc) is 2.71. The number of carbonyl (C=O) groups is 1. The van der Waals surface area contributed by atoms with Gasteiger partial charge in [0.15, 0.2) is 11.5 Å². The van der Waals surface area contributed by atoms with Crippen LogP contribution in [0.1, 0.15) is 22.8 Å². The molecule has 2 aromatic rings. The molecule has 30 heavy (non-hydrogen) atoms. The average molecular weight is 437 g/mol. The van der Waals surface area contributed by atoms with E-state index in [1.165, 1.54) is 33.3 Å². The van der Waals surface area contributed by atoms with Gasteiger partial charge >= 0.3 is 0 Å². The highest BCUT2D eigenvalue weighted by Crippen LogP contribution is 2.34. The second-order valence-corrected chi connectivity index (χ2v) is 8.41. The molecule has 1 N–H and O–H groups in total. The summed E-state index contributed by atoms with van der Waals surface area (Å²) in [5, 5.41) is 14.0. The third-order valence-electron chi connectivity index (χ3n) is 4.19. The highest BCUT2D eigenvalue weighted by molar-refractivity contribution is 7.89. The molecule has 0 atom stereocenters. The van der Waals surface area contributed by atoms with Crippen molar-refractivity contribution in [3.05, 3.63) is 57.6 Å². The molecule has 0 radical (unpaired) electrons. The Morgan fingerprint density at radius 2 is 1.87 bits per heavy atom. The van der Waals surface area contributed by atoms with Crippen LogP contribution in [0.25, 0.3) is 0 Å². The van der Waals surface area contributed by atoms with Crippen LogP contribution in [0.15, 0.2) is 41.3 Å². The Kier molecular flexibility index (Phi) is 7.35. The lowest BCUT2D eigenvalue weighted by atomic mass is 10.1. The number of ether oxygens (including phenoxy) is 2. The van der Waals surface area contributed by atoms with Crippen molar-refractivity contribution in [1.29, 1.82) is 0 Å². The summed E-state index contributed by atoms with van der Waals surface area (Å²) in [6, 6.07) is 8.55. The van der Waals surface area contributed by atoms with E-state index in [1.807, 2.05) is 0 Å². The van der Waals surface area contributed by atoms with Crippen LogP contribution >= 0.6 is 0 Å². The van der Waals surface area contributed by atoms with Crippen molar-refractivity contribution in [2.45, 2.75) is 18.4 Å². The lowest BCUT2D eigenvalue weighted by Gasteiger charge is -2.16. The van der Waals surface area contributed by atoms with E-state index in [2.05, 4.69) is 5.32 Å². The topological polar surface area (TPSA) is 128 Å². The molecule has 0 aliphatic rings. The molecular weight excluding hydrogens is 414 g/mol. The Morgan fingerprint density at radius 3 is 2.43 bits per heavy atom. The van der Waals surface area contributed by atoms with Gasteiger partial charge in [-0.15, -0.1) is 0 Å². The van der Waals surface area contributed by atoms with Gasteiger partial charge in [-0.25, -0.2) is 12.7 Å². The van der Waals surface area contributed by atoms with Gasteiger partial charge < -0.3 is 14.8 Å². The molecule has 0 unspecified atom stereocenters. The van der Waals surface area contributed by atoms with Crippen molar-refractivity contribution in [3.8, 4) is 11.5 Å². The molecule has 0 heterocycles. The number of hydrogen-bond acceptors (Lipinski definition) is 7. The summed E-state index contributed by atoms with van der Waals surface area (Å²) >= 11 is 0. The minimum atomic E-state index is -3.73. The van der Waals surface area contributed by atoms with Crippen LogP contribution in [0.2, 0.25) is 0 Å². The van der Waals surface area contributed by atoms with Crippen LogP contribution in [-0.4, -0.2) is 51.4 Å². The van der Waals surface area contributed by atoms with Gasteiger partial charge in [-0.2, -0.15) is 0 Å². The first-order valence-electron chi connectivity index (χ1n) is 8.91. The lowest BCUT2D eigenvalue weighted by molar-refractivity contribution is -0.385. The smallest absolute Gasteiger partial charge is 0.286 e. The second-order valence-electron chi connectivity index (χ2n) is 6.29. The molecule has 2 rings (SSSR count). The fraction of sp³-hybridized carbons (Fsp3) is 0.316. The third-order valence-corrected chi connectivity index (χ3v) is 6.11. The molecule has 11 heteroatoms. The van der Waals surface area contributed by atoms with Crippen molar-refractivity contribution >= 4 is 21.6 Å². The van der Waals surface area contributed by atoms with Gasteiger partial charge in [0.2, 0.25) is 10.0 Å². The lowest BCUT2D eigenvalue weighted by Crippen LogP contribution is -2.27. The predicted molar refractivity (Wildman–Crippen MR) is 109 cm³/mol. The molecule has 10 nitrogen and oxygen atoms in total. The number of amides is 1. The zero-order valence-electron chi connectivity index (χ0n) is 17.0. The first-order valence-corrected chi connectivity index (χ1v) is 10.3. The van der Waals surface area contributed by atoms with E-state index < -0.39 is 26.5 Å². The minimum Gasteiger partial charge on any atom is -0.493 e. The number of nitro groups is 1. The first-order chi connectivity index (χ1) is 14.1. The largest absolute Gasteiger partial charge is 0.493 e. The number of hydrogen-bond donors (Lipinski definition) is 1. The monoisotopic (exact) mass is 437 g/mol. The maximum Gasteiger partial charge on any atom is 0.286 e. The van der Waals surface area contributed by atoms with Crippen LogP contribution in [-0.2, 0) is 16.6 Å². The number of carbonyl (C=O) groups excluding carboxylic acids is 1. The van der Waals surface area contributed by atoms with Crippen LogP contribution < -0.4 is 14.8 Å². The van der Waals surface area contributed by atoms with Crippen molar-refractivity contribution < 1.29 is 27.6 Å².